The van der Waals surface area contributed by atoms with Gasteiger partial charge in [0.1, 0.15) is 5.15 Å². The fourth-order valence-electron chi connectivity index (χ4n) is 2.57. The van der Waals surface area contributed by atoms with E-state index in [4.69, 9.17) is 11.6 Å². The minimum absolute atomic E-state index is 0.107. The lowest BCUT2D eigenvalue weighted by Gasteiger charge is -2.28. The predicted molar refractivity (Wildman–Crippen MR) is 73.1 cm³/mol. The van der Waals surface area contributed by atoms with Crippen molar-refractivity contribution in [1.82, 2.24) is 15.1 Å². The summed E-state index contributed by atoms with van der Waals surface area (Å²) in [7, 11) is 1.75. The Morgan fingerprint density at radius 1 is 1.53 bits per heavy atom. The molecule has 1 aromatic heterocycles. The van der Waals surface area contributed by atoms with E-state index in [0.717, 1.165) is 36.9 Å². The van der Waals surface area contributed by atoms with E-state index >= 15 is 0 Å². The van der Waals surface area contributed by atoms with Gasteiger partial charge in [-0.05, 0) is 19.8 Å². The molecule has 2 rings (SSSR count). The number of nitrogens with zero attached hydrogens (tertiary/aromatic N) is 2. The van der Waals surface area contributed by atoms with Gasteiger partial charge in [0.2, 0.25) is 5.91 Å². The number of nitrogens with one attached hydrogen (secondary N) is 1. The summed E-state index contributed by atoms with van der Waals surface area (Å²) >= 11 is 6.10. The molecule has 1 fully saturated rings. The average Bonchev–Trinajstić information content (AvgIpc) is 2.59. The lowest BCUT2D eigenvalue weighted by Crippen LogP contribution is -2.45. The zero-order valence-corrected chi connectivity index (χ0v) is 12.1. The van der Waals surface area contributed by atoms with Gasteiger partial charge in [-0.15, -0.1) is 0 Å². The second-order valence-electron chi connectivity index (χ2n) is 5.18. The number of aryl methyl sites for hydroxylation is 2. The number of hydrogen-bond donors (Lipinski definition) is 2. The zero-order valence-electron chi connectivity index (χ0n) is 11.3. The van der Waals surface area contributed by atoms with Crippen molar-refractivity contribution >= 4 is 17.5 Å². The third kappa shape index (κ3) is 3.28. The molecule has 5 nitrogen and oxygen atoms in total. The van der Waals surface area contributed by atoms with E-state index < -0.39 is 6.10 Å². The first-order valence-electron chi connectivity index (χ1n) is 6.64. The van der Waals surface area contributed by atoms with Gasteiger partial charge < -0.3 is 10.4 Å². The van der Waals surface area contributed by atoms with Crippen molar-refractivity contribution in [2.45, 2.75) is 51.2 Å². The third-order valence-corrected chi connectivity index (χ3v) is 4.16. The van der Waals surface area contributed by atoms with Crippen LogP contribution >= 0.6 is 11.6 Å². The lowest BCUT2D eigenvalue weighted by atomic mass is 9.92. The summed E-state index contributed by atoms with van der Waals surface area (Å²) in [5, 5.41) is 17.4. The Bertz CT molecular complexity index is 473. The van der Waals surface area contributed by atoms with E-state index in [-0.39, 0.29) is 18.4 Å². The molecule has 0 spiro atoms. The molecule has 6 heteroatoms. The second kappa shape index (κ2) is 5.92. The standard InChI is InChI=1S/C13H20ClN3O2/c1-8-9(13(14)17(2)16-8)7-12(19)15-10-5-3-4-6-11(10)18/h10-11,18H,3-7H2,1-2H3,(H,15,19). The topological polar surface area (TPSA) is 67.2 Å². The molecule has 2 N–H and O–H groups in total. The van der Waals surface area contributed by atoms with Gasteiger partial charge in [-0.3, -0.25) is 9.48 Å². The Hall–Kier alpha value is -1.07. The Balaban J connectivity index is 1.97. The quantitative estimate of drug-likeness (QED) is 0.881. The van der Waals surface area contributed by atoms with Crippen molar-refractivity contribution in [2.75, 3.05) is 0 Å². The van der Waals surface area contributed by atoms with Crippen LogP contribution in [0, 0.1) is 6.92 Å². The van der Waals surface area contributed by atoms with E-state index in [1.54, 1.807) is 11.7 Å². The van der Waals surface area contributed by atoms with Crippen LogP contribution in [0.4, 0.5) is 0 Å². The van der Waals surface area contributed by atoms with Gasteiger partial charge in [-0.1, -0.05) is 24.4 Å². The molecule has 2 unspecified atom stereocenters. The van der Waals surface area contributed by atoms with E-state index in [9.17, 15) is 9.90 Å². The largest absolute Gasteiger partial charge is 0.391 e. The van der Waals surface area contributed by atoms with Crippen LogP contribution in [0.25, 0.3) is 0 Å². The van der Waals surface area contributed by atoms with Gasteiger partial charge in [-0.2, -0.15) is 5.10 Å². The smallest absolute Gasteiger partial charge is 0.224 e. The number of hydrogen-bond acceptors (Lipinski definition) is 3. The zero-order chi connectivity index (χ0) is 14.0. The highest BCUT2D eigenvalue weighted by Crippen LogP contribution is 2.21. The normalized spacial score (nSPS) is 23.4. The number of aliphatic hydroxyl groups excluding tert-OH is 1. The van der Waals surface area contributed by atoms with Crippen LogP contribution in [0.1, 0.15) is 36.9 Å². The lowest BCUT2D eigenvalue weighted by molar-refractivity contribution is -0.122. The second-order valence-corrected chi connectivity index (χ2v) is 5.54. The Kier molecular flexibility index (Phi) is 4.47. The summed E-state index contributed by atoms with van der Waals surface area (Å²) in [5.41, 5.74) is 1.53. The molecule has 1 heterocycles. The number of rotatable bonds is 3. The molecule has 0 saturated heterocycles. The molecule has 0 bridgehead atoms. The van der Waals surface area contributed by atoms with Crippen LogP contribution in [0.15, 0.2) is 0 Å². The number of halogens is 1. The molecule has 2 atom stereocenters. The number of carbonyl (C=O) groups excluding carboxylic acids is 1. The molecule has 1 amide bonds. The van der Waals surface area contributed by atoms with Crippen LogP contribution in [-0.2, 0) is 18.3 Å². The summed E-state index contributed by atoms with van der Waals surface area (Å²) < 4.78 is 1.56. The highest BCUT2D eigenvalue weighted by atomic mass is 35.5. The van der Waals surface area contributed by atoms with Gasteiger partial charge in [0.25, 0.3) is 0 Å². The third-order valence-electron chi connectivity index (χ3n) is 3.68. The Morgan fingerprint density at radius 2 is 2.21 bits per heavy atom. The van der Waals surface area contributed by atoms with Crippen molar-refractivity contribution < 1.29 is 9.90 Å². The summed E-state index contributed by atoms with van der Waals surface area (Å²) in [6.45, 7) is 1.84. The molecule has 0 aromatic carbocycles. The average molecular weight is 286 g/mol. The number of aliphatic hydroxyl groups is 1. The van der Waals surface area contributed by atoms with Crippen LogP contribution in [0.3, 0.4) is 0 Å². The van der Waals surface area contributed by atoms with Crippen LogP contribution in [0.2, 0.25) is 5.15 Å². The fourth-order valence-corrected chi connectivity index (χ4v) is 2.81. The van der Waals surface area contributed by atoms with Crippen LogP contribution in [-0.4, -0.2) is 32.9 Å². The number of carbonyl (C=O) groups is 1. The molecular formula is C13H20ClN3O2. The van der Waals surface area contributed by atoms with Crippen LogP contribution in [0.5, 0.6) is 0 Å². The highest BCUT2D eigenvalue weighted by Gasteiger charge is 2.25. The maximum Gasteiger partial charge on any atom is 0.224 e. The first-order chi connectivity index (χ1) is 8.99. The highest BCUT2D eigenvalue weighted by molar-refractivity contribution is 6.30. The molecule has 1 saturated carbocycles. The summed E-state index contributed by atoms with van der Waals surface area (Å²) in [4.78, 5) is 12.0. The van der Waals surface area contributed by atoms with Crippen molar-refractivity contribution in [3.05, 3.63) is 16.4 Å². The van der Waals surface area contributed by atoms with Crippen LogP contribution < -0.4 is 5.32 Å². The number of amides is 1. The molecule has 1 aromatic rings. The molecule has 0 aliphatic heterocycles. The summed E-state index contributed by atoms with van der Waals surface area (Å²) in [5.74, 6) is -0.107. The molecule has 19 heavy (non-hydrogen) atoms. The first-order valence-corrected chi connectivity index (χ1v) is 7.02. The molecule has 1 aliphatic rings. The molecule has 1 aliphatic carbocycles. The van der Waals surface area contributed by atoms with Gasteiger partial charge in [-0.25, -0.2) is 0 Å². The molecule has 0 radical (unpaired) electrons. The monoisotopic (exact) mass is 285 g/mol. The summed E-state index contributed by atoms with van der Waals surface area (Å²) in [6, 6.07) is -0.128. The van der Waals surface area contributed by atoms with Crippen molar-refractivity contribution in [3.63, 3.8) is 0 Å². The van der Waals surface area contributed by atoms with E-state index in [0.29, 0.717) is 5.15 Å². The minimum Gasteiger partial charge on any atom is -0.391 e. The van der Waals surface area contributed by atoms with E-state index in [1.165, 1.54) is 0 Å². The van der Waals surface area contributed by atoms with Gasteiger partial charge in [0, 0.05) is 12.6 Å². The van der Waals surface area contributed by atoms with Crippen molar-refractivity contribution in [2.24, 2.45) is 7.05 Å². The minimum atomic E-state index is -0.428. The fraction of sp³-hybridized carbons (Fsp3) is 0.692. The van der Waals surface area contributed by atoms with E-state index in [1.807, 2.05) is 6.92 Å². The van der Waals surface area contributed by atoms with Crippen molar-refractivity contribution in [3.8, 4) is 0 Å². The van der Waals surface area contributed by atoms with Gasteiger partial charge >= 0.3 is 0 Å². The number of aromatic nitrogens is 2. The predicted octanol–water partition coefficient (Wildman–Crippen LogP) is 1.34. The maximum absolute atomic E-state index is 12.0. The van der Waals surface area contributed by atoms with E-state index in [2.05, 4.69) is 10.4 Å². The molecule has 106 valence electrons. The van der Waals surface area contributed by atoms with Gasteiger partial charge in [0.15, 0.2) is 0 Å². The first kappa shape index (κ1) is 14.3. The SMILES string of the molecule is Cc1nn(C)c(Cl)c1CC(=O)NC1CCCCC1O. The van der Waals surface area contributed by atoms with Crippen molar-refractivity contribution in [1.29, 1.82) is 0 Å². The maximum atomic E-state index is 12.0. The van der Waals surface area contributed by atoms with Gasteiger partial charge in [0.05, 0.1) is 24.3 Å². The molecular weight excluding hydrogens is 266 g/mol. The Labute approximate surface area is 117 Å². The Morgan fingerprint density at radius 3 is 2.79 bits per heavy atom. The summed E-state index contributed by atoms with van der Waals surface area (Å²) in [6.07, 6.45) is 3.46.